The summed E-state index contributed by atoms with van der Waals surface area (Å²) in [6.45, 7) is 1.69. The fourth-order valence-electron chi connectivity index (χ4n) is 2.72. The molecule has 0 bridgehead atoms. The topological polar surface area (TPSA) is 142 Å². The number of rotatable bonds is 8. The van der Waals surface area contributed by atoms with Gasteiger partial charge in [-0.15, -0.1) is 12.6 Å². The van der Waals surface area contributed by atoms with E-state index in [1.165, 1.54) is 19.3 Å². The predicted octanol–water partition coefficient (Wildman–Crippen LogP) is 2.39. The number of ketones is 1. The molecular formula is C22H25NO8S. The Morgan fingerprint density at radius 3 is 1.72 bits per heavy atom. The molecule has 0 heterocycles. The Morgan fingerprint density at radius 1 is 0.906 bits per heavy atom. The average molecular weight is 464 g/mol. The first-order valence-electron chi connectivity index (χ1n) is 9.13. The molecule has 32 heavy (non-hydrogen) atoms. The highest BCUT2D eigenvalue weighted by Gasteiger charge is 2.08. The molecule has 0 unspecified atom stereocenters. The molecule has 2 aromatic rings. The standard InChI is InChI=1S/C22H25NO5.O3S/c1-14-19(26-2)10-16(11-20(14)27-3)6-8-18(25)7-5-15-9-17(13-24)22(23)21(12-15)28-4;1-4(2)3/h5-12,24H,13,23H2,1-4H3;/b7-5+,8-6+;. The van der Waals surface area contributed by atoms with Crippen LogP contribution in [0, 0.1) is 6.92 Å². The first-order valence-corrected chi connectivity index (χ1v) is 10.1. The number of aliphatic hydroxyl groups excluding tert-OH is 1. The number of carbonyl (C=O) groups is 1. The molecule has 2 aromatic carbocycles. The second kappa shape index (κ2) is 12.9. The van der Waals surface area contributed by atoms with Gasteiger partial charge in [0, 0.05) is 11.1 Å². The summed E-state index contributed by atoms with van der Waals surface area (Å²) < 4.78 is 41.2. The van der Waals surface area contributed by atoms with E-state index in [2.05, 4.69) is 0 Å². The third-order valence-corrected chi connectivity index (χ3v) is 4.29. The fourth-order valence-corrected chi connectivity index (χ4v) is 2.72. The lowest BCUT2D eigenvalue weighted by atomic mass is 10.1. The second-order valence-electron chi connectivity index (χ2n) is 6.28. The maximum Gasteiger partial charge on any atom is 0.425 e. The van der Waals surface area contributed by atoms with E-state index in [0.717, 1.165) is 11.1 Å². The smallest absolute Gasteiger partial charge is 0.425 e. The highest BCUT2D eigenvalue weighted by atomic mass is 32.2. The average Bonchev–Trinajstić information content (AvgIpc) is 2.77. The molecule has 0 aliphatic rings. The van der Waals surface area contributed by atoms with E-state index in [4.69, 9.17) is 32.6 Å². The molecule has 0 fully saturated rings. The Balaban J connectivity index is 0.00000118. The molecular weight excluding hydrogens is 438 g/mol. The van der Waals surface area contributed by atoms with Crippen LogP contribution >= 0.6 is 0 Å². The van der Waals surface area contributed by atoms with Crippen LogP contribution in [-0.4, -0.2) is 44.8 Å². The first-order chi connectivity index (χ1) is 15.2. The van der Waals surface area contributed by atoms with Crippen molar-refractivity contribution in [2.24, 2.45) is 0 Å². The third kappa shape index (κ3) is 7.89. The fraction of sp³-hybridized carbons (Fsp3) is 0.227. The molecule has 0 aliphatic carbocycles. The first kappa shape index (κ1) is 26.4. The number of methoxy groups -OCH3 is 3. The molecule has 0 radical (unpaired) electrons. The third-order valence-electron chi connectivity index (χ3n) is 4.29. The summed E-state index contributed by atoms with van der Waals surface area (Å²) in [5, 5.41) is 9.40. The van der Waals surface area contributed by atoms with Gasteiger partial charge in [-0.05, 0) is 54.5 Å². The number of ether oxygens (including phenoxy) is 3. The van der Waals surface area contributed by atoms with Crippen molar-refractivity contribution in [2.75, 3.05) is 27.1 Å². The molecule has 0 amide bonds. The van der Waals surface area contributed by atoms with E-state index >= 15 is 0 Å². The zero-order valence-corrected chi connectivity index (χ0v) is 18.9. The van der Waals surface area contributed by atoms with Gasteiger partial charge in [-0.3, -0.25) is 4.79 Å². The Labute approximate surface area is 187 Å². The summed E-state index contributed by atoms with van der Waals surface area (Å²) in [5.74, 6) is 1.63. The zero-order valence-electron chi connectivity index (χ0n) is 18.1. The van der Waals surface area contributed by atoms with E-state index in [0.29, 0.717) is 34.1 Å². The van der Waals surface area contributed by atoms with Gasteiger partial charge in [-0.2, -0.15) is 0 Å². The van der Waals surface area contributed by atoms with E-state index < -0.39 is 10.6 Å². The molecule has 3 N–H and O–H groups in total. The summed E-state index contributed by atoms with van der Waals surface area (Å²) in [6, 6.07) is 7.09. The number of carbonyl (C=O) groups excluding carboxylic acids is 1. The minimum absolute atomic E-state index is 0.195. The lowest BCUT2D eigenvalue weighted by Crippen LogP contribution is -1.99. The maximum atomic E-state index is 12.2. The molecule has 10 heteroatoms. The van der Waals surface area contributed by atoms with Crippen molar-refractivity contribution in [3.63, 3.8) is 0 Å². The quantitative estimate of drug-likeness (QED) is 0.445. The van der Waals surface area contributed by atoms with Crippen molar-refractivity contribution in [1.29, 1.82) is 0 Å². The minimum Gasteiger partial charge on any atom is -0.496 e. The van der Waals surface area contributed by atoms with Crippen LogP contribution in [0.3, 0.4) is 0 Å². The number of nitrogens with two attached hydrogens (primary N) is 1. The van der Waals surface area contributed by atoms with E-state index in [9.17, 15) is 9.90 Å². The van der Waals surface area contributed by atoms with Crippen LogP contribution in [0.25, 0.3) is 12.2 Å². The van der Waals surface area contributed by atoms with Crippen LogP contribution in [0.15, 0.2) is 36.4 Å². The highest BCUT2D eigenvalue weighted by Crippen LogP contribution is 2.30. The largest absolute Gasteiger partial charge is 0.496 e. The Hall–Kier alpha value is -3.63. The Morgan fingerprint density at radius 2 is 1.31 bits per heavy atom. The molecule has 2 rings (SSSR count). The number of aliphatic hydroxyl groups is 1. The molecule has 0 aliphatic heterocycles. The minimum atomic E-state index is -3.11. The Kier molecular flexibility index (Phi) is 10.7. The van der Waals surface area contributed by atoms with Gasteiger partial charge in [0.05, 0.1) is 33.6 Å². The summed E-state index contributed by atoms with van der Waals surface area (Å²) >= 11 is 0. The van der Waals surface area contributed by atoms with Crippen molar-refractivity contribution in [3.05, 3.63) is 58.7 Å². The van der Waals surface area contributed by atoms with Crippen LogP contribution < -0.4 is 19.9 Å². The van der Waals surface area contributed by atoms with Crippen molar-refractivity contribution >= 4 is 34.2 Å². The number of hydrogen-bond acceptors (Lipinski definition) is 9. The second-order valence-corrected chi connectivity index (χ2v) is 6.69. The summed E-state index contributed by atoms with van der Waals surface area (Å²) in [4.78, 5) is 12.2. The number of anilines is 1. The van der Waals surface area contributed by atoms with Crippen LogP contribution in [-0.2, 0) is 22.0 Å². The normalized spacial score (nSPS) is 10.5. The number of nitrogen functional groups attached to an aromatic ring is 1. The predicted molar refractivity (Wildman–Crippen MR) is 120 cm³/mol. The molecule has 0 saturated heterocycles. The van der Waals surface area contributed by atoms with Crippen molar-refractivity contribution in [3.8, 4) is 17.2 Å². The number of allylic oxidation sites excluding steroid dienone is 2. The van der Waals surface area contributed by atoms with Crippen molar-refractivity contribution in [1.82, 2.24) is 0 Å². The van der Waals surface area contributed by atoms with Gasteiger partial charge < -0.3 is 25.1 Å². The Bertz CT molecular complexity index is 991. The molecule has 172 valence electrons. The van der Waals surface area contributed by atoms with Gasteiger partial charge in [-0.25, -0.2) is 0 Å². The van der Waals surface area contributed by atoms with Crippen LogP contribution in [0.2, 0.25) is 0 Å². The van der Waals surface area contributed by atoms with Gasteiger partial charge in [0.15, 0.2) is 5.78 Å². The monoisotopic (exact) mass is 463 g/mol. The number of hydrogen-bond donors (Lipinski definition) is 2. The van der Waals surface area contributed by atoms with Gasteiger partial charge in [0.25, 0.3) is 0 Å². The molecule has 0 spiro atoms. The maximum absolute atomic E-state index is 12.2. The van der Waals surface area contributed by atoms with Crippen molar-refractivity contribution < 1.29 is 36.7 Å². The van der Waals surface area contributed by atoms with Gasteiger partial charge in [0.2, 0.25) is 0 Å². The summed E-state index contributed by atoms with van der Waals surface area (Å²) in [5.41, 5.74) is 9.21. The zero-order chi connectivity index (χ0) is 24.3. The number of benzene rings is 2. The van der Waals surface area contributed by atoms with Gasteiger partial charge in [-0.1, -0.05) is 12.2 Å². The lowest BCUT2D eigenvalue weighted by Gasteiger charge is -2.10. The van der Waals surface area contributed by atoms with Crippen molar-refractivity contribution in [2.45, 2.75) is 13.5 Å². The lowest BCUT2D eigenvalue weighted by molar-refractivity contribution is -0.110. The molecule has 0 aromatic heterocycles. The summed E-state index contributed by atoms with van der Waals surface area (Å²) in [6.07, 6.45) is 6.23. The van der Waals surface area contributed by atoms with Gasteiger partial charge >= 0.3 is 10.6 Å². The van der Waals surface area contributed by atoms with Gasteiger partial charge in [0.1, 0.15) is 17.2 Å². The van der Waals surface area contributed by atoms with Crippen LogP contribution in [0.4, 0.5) is 5.69 Å². The van der Waals surface area contributed by atoms with E-state index in [1.807, 2.05) is 19.1 Å². The SMILES string of the molecule is COc1cc(/C=C/C(=O)/C=C/c2cc(CO)c(N)c(OC)c2)cc(OC)c1C.O=S(=O)=O. The van der Waals surface area contributed by atoms with Crippen LogP contribution in [0.1, 0.15) is 22.3 Å². The summed E-state index contributed by atoms with van der Waals surface area (Å²) in [7, 11) is 1.56. The van der Waals surface area contributed by atoms with E-state index in [-0.39, 0.29) is 12.4 Å². The molecule has 0 atom stereocenters. The molecule has 0 saturated carbocycles. The van der Waals surface area contributed by atoms with E-state index in [1.54, 1.807) is 38.5 Å². The van der Waals surface area contributed by atoms with Crippen LogP contribution in [0.5, 0.6) is 17.2 Å². The highest BCUT2D eigenvalue weighted by molar-refractivity contribution is 7.59. The molecule has 9 nitrogen and oxygen atoms in total.